The summed E-state index contributed by atoms with van der Waals surface area (Å²) in [6.07, 6.45) is 0.788. The van der Waals surface area contributed by atoms with Gasteiger partial charge in [0.05, 0.1) is 28.7 Å². The molecule has 1 aliphatic heterocycles. The molecule has 1 aromatic carbocycles. The summed E-state index contributed by atoms with van der Waals surface area (Å²) in [5.74, 6) is -0.212. The smallest absolute Gasteiger partial charge is 0.303 e. The average molecular weight is 442 g/mol. The van der Waals surface area contributed by atoms with Crippen molar-refractivity contribution in [1.82, 2.24) is 20.1 Å². The Hall–Kier alpha value is -2.39. The summed E-state index contributed by atoms with van der Waals surface area (Å²) in [4.78, 5) is 14.2. The number of nitrogens with zero attached hydrogens (tertiary/aromatic N) is 4. The van der Waals surface area contributed by atoms with Crippen molar-refractivity contribution in [2.24, 2.45) is 5.10 Å². The van der Waals surface area contributed by atoms with Crippen molar-refractivity contribution in [3.05, 3.63) is 46.2 Å². The van der Waals surface area contributed by atoms with Crippen LogP contribution in [0.25, 0.3) is 5.69 Å². The Morgan fingerprint density at radius 2 is 2.03 bits per heavy atom. The van der Waals surface area contributed by atoms with Gasteiger partial charge in [-0.2, -0.15) is 23.4 Å². The van der Waals surface area contributed by atoms with Gasteiger partial charge >= 0.3 is 6.18 Å². The van der Waals surface area contributed by atoms with Crippen molar-refractivity contribution in [3.8, 4) is 5.69 Å². The lowest BCUT2D eigenvalue weighted by molar-refractivity contribution is -0.137. The van der Waals surface area contributed by atoms with Crippen molar-refractivity contribution >= 4 is 23.7 Å². The molecule has 0 atom stereocenters. The third-order valence-electron chi connectivity index (χ3n) is 4.95. The number of hydrogen-bond acceptors (Lipinski definition) is 4. The highest BCUT2D eigenvalue weighted by Gasteiger charge is 2.30. The molecule has 0 radical (unpaired) electrons. The van der Waals surface area contributed by atoms with Crippen LogP contribution in [0.5, 0.6) is 0 Å². The number of hydrogen-bond donors (Lipinski definition) is 1. The van der Waals surface area contributed by atoms with Gasteiger partial charge in [0.2, 0.25) is 5.91 Å². The normalized spacial score (nSPS) is 15.6. The van der Waals surface area contributed by atoms with E-state index in [9.17, 15) is 18.0 Å². The molecule has 1 amide bonds. The van der Waals surface area contributed by atoms with Crippen LogP contribution in [-0.2, 0) is 11.0 Å². The molecule has 0 unspecified atom stereocenters. The fraction of sp³-hybridized carbons (Fsp3) is 0.450. The summed E-state index contributed by atoms with van der Waals surface area (Å²) in [6.45, 7) is 4.38. The van der Waals surface area contributed by atoms with Gasteiger partial charge < -0.3 is 4.90 Å². The minimum atomic E-state index is -4.46. The maximum Gasteiger partial charge on any atom is 0.416 e. The predicted octanol–water partition coefficient (Wildman–Crippen LogP) is 4.18. The van der Waals surface area contributed by atoms with E-state index in [4.69, 9.17) is 11.6 Å². The Morgan fingerprint density at radius 3 is 2.73 bits per heavy atom. The minimum absolute atomic E-state index is 0.109. The van der Waals surface area contributed by atoms with Gasteiger partial charge in [-0.05, 0) is 51.1 Å². The topological polar surface area (TPSA) is 62.5 Å². The number of hydrazone groups is 1. The molecule has 0 aliphatic carbocycles. The number of aromatic nitrogens is 2. The Morgan fingerprint density at radius 1 is 1.30 bits per heavy atom. The first kappa shape index (κ1) is 22.3. The molecule has 0 bridgehead atoms. The molecule has 0 saturated carbocycles. The highest BCUT2D eigenvalue weighted by molar-refractivity contribution is 6.32. The molecule has 1 aromatic heterocycles. The van der Waals surface area contributed by atoms with Crippen molar-refractivity contribution in [3.63, 3.8) is 0 Å². The number of halogens is 4. The van der Waals surface area contributed by atoms with E-state index in [1.54, 1.807) is 6.92 Å². The maximum absolute atomic E-state index is 13.0. The van der Waals surface area contributed by atoms with Crippen LogP contribution in [0.4, 0.5) is 13.2 Å². The van der Waals surface area contributed by atoms with E-state index in [0.29, 0.717) is 24.2 Å². The number of alkyl halides is 3. The van der Waals surface area contributed by atoms with Gasteiger partial charge in [-0.25, -0.2) is 10.1 Å². The number of piperidine rings is 1. The van der Waals surface area contributed by atoms with Crippen LogP contribution in [0.15, 0.2) is 29.4 Å². The molecule has 2 aromatic rings. The summed E-state index contributed by atoms with van der Waals surface area (Å²) in [5.41, 5.74) is 2.75. The van der Waals surface area contributed by atoms with Gasteiger partial charge in [-0.1, -0.05) is 24.1 Å². The first-order valence-corrected chi connectivity index (χ1v) is 10.1. The molecule has 0 spiro atoms. The van der Waals surface area contributed by atoms with Crippen molar-refractivity contribution in [2.75, 3.05) is 19.6 Å². The zero-order valence-electron chi connectivity index (χ0n) is 16.5. The van der Waals surface area contributed by atoms with Gasteiger partial charge in [0.25, 0.3) is 0 Å². The zero-order chi connectivity index (χ0) is 21.7. The summed E-state index contributed by atoms with van der Waals surface area (Å²) in [5, 5.41) is 8.24. The molecule has 2 heterocycles. The molecular formula is C20H23ClF3N5O. The predicted molar refractivity (Wildman–Crippen MR) is 109 cm³/mol. The summed E-state index contributed by atoms with van der Waals surface area (Å²) < 4.78 is 40.1. The summed E-state index contributed by atoms with van der Waals surface area (Å²) in [7, 11) is 0. The lowest BCUT2D eigenvalue weighted by Crippen LogP contribution is -2.33. The number of carbonyl (C=O) groups is 1. The molecule has 10 heteroatoms. The first-order chi connectivity index (χ1) is 14.3. The number of nitrogens with one attached hydrogen (secondary N) is 1. The quantitative estimate of drug-likeness (QED) is 0.540. The van der Waals surface area contributed by atoms with Crippen LogP contribution in [0.3, 0.4) is 0 Å². The first-order valence-electron chi connectivity index (χ1n) is 9.72. The van der Waals surface area contributed by atoms with Crippen molar-refractivity contribution < 1.29 is 18.0 Å². The molecule has 1 fully saturated rings. The van der Waals surface area contributed by atoms with Gasteiger partial charge in [0.1, 0.15) is 5.15 Å². The zero-order valence-corrected chi connectivity index (χ0v) is 17.3. The molecule has 6 nitrogen and oxygen atoms in total. The number of likely N-dealkylation sites (tertiary alicyclic amines) is 1. The SMILES string of the molecule is Cc1nn(-c2cccc(C(F)(F)F)c2)c(Cl)c1/C=N/NC(=O)CCN1CCCCC1. The third-order valence-corrected chi connectivity index (χ3v) is 5.32. The highest BCUT2D eigenvalue weighted by Crippen LogP contribution is 2.31. The average Bonchev–Trinajstić information content (AvgIpc) is 3.01. The van der Waals surface area contributed by atoms with Crippen LogP contribution in [-0.4, -0.2) is 46.4 Å². The molecule has 30 heavy (non-hydrogen) atoms. The van der Waals surface area contributed by atoms with E-state index in [1.807, 2.05) is 0 Å². The largest absolute Gasteiger partial charge is 0.416 e. The Kier molecular flexibility index (Phi) is 7.14. The molecule has 1 N–H and O–H groups in total. The molecule has 1 saturated heterocycles. The van der Waals surface area contributed by atoms with E-state index < -0.39 is 11.7 Å². The number of carbonyl (C=O) groups excluding carboxylic acids is 1. The highest BCUT2D eigenvalue weighted by atomic mass is 35.5. The van der Waals surface area contributed by atoms with Crippen molar-refractivity contribution in [2.45, 2.75) is 38.8 Å². The molecule has 1 aliphatic rings. The Labute approximate surface area is 177 Å². The number of rotatable bonds is 6. The van der Waals surface area contributed by atoms with Crippen LogP contribution in [0.2, 0.25) is 5.15 Å². The number of aryl methyl sites for hydroxylation is 1. The van der Waals surface area contributed by atoms with E-state index in [1.165, 1.54) is 29.4 Å². The van der Waals surface area contributed by atoms with Crippen LogP contribution < -0.4 is 5.43 Å². The minimum Gasteiger partial charge on any atom is -0.303 e. The number of amides is 1. The van der Waals surface area contributed by atoms with Gasteiger partial charge in [-0.3, -0.25) is 4.79 Å². The second kappa shape index (κ2) is 9.61. The Balaban J connectivity index is 1.65. The van der Waals surface area contributed by atoms with Crippen LogP contribution in [0, 0.1) is 6.92 Å². The summed E-state index contributed by atoms with van der Waals surface area (Å²) >= 11 is 6.32. The second-order valence-electron chi connectivity index (χ2n) is 7.20. The van der Waals surface area contributed by atoms with Gasteiger partial charge in [0.15, 0.2) is 0 Å². The lowest BCUT2D eigenvalue weighted by Gasteiger charge is -2.25. The molecule has 3 rings (SSSR count). The van der Waals surface area contributed by atoms with Gasteiger partial charge in [0, 0.05) is 13.0 Å². The van der Waals surface area contributed by atoms with Gasteiger partial charge in [-0.15, -0.1) is 0 Å². The Bertz CT molecular complexity index is 920. The van der Waals surface area contributed by atoms with E-state index >= 15 is 0 Å². The monoisotopic (exact) mass is 441 g/mol. The number of benzene rings is 1. The van der Waals surface area contributed by atoms with E-state index in [-0.39, 0.29) is 16.7 Å². The standard InChI is InChI=1S/C20H23ClF3N5O/c1-14-17(13-25-26-18(30)8-11-28-9-3-2-4-10-28)19(21)29(27-14)16-7-5-6-15(12-16)20(22,23)24/h5-7,12-13H,2-4,8-11H2,1H3,(H,26,30)/b25-13+. The fourth-order valence-corrected chi connectivity index (χ4v) is 3.63. The van der Waals surface area contributed by atoms with E-state index in [0.717, 1.165) is 38.1 Å². The molecular weight excluding hydrogens is 419 g/mol. The lowest BCUT2D eigenvalue weighted by atomic mass is 10.1. The fourth-order valence-electron chi connectivity index (χ4n) is 3.31. The van der Waals surface area contributed by atoms with Crippen molar-refractivity contribution in [1.29, 1.82) is 0 Å². The summed E-state index contributed by atoms with van der Waals surface area (Å²) in [6, 6.07) is 4.73. The second-order valence-corrected chi connectivity index (χ2v) is 7.55. The maximum atomic E-state index is 13.0. The van der Waals surface area contributed by atoms with E-state index in [2.05, 4.69) is 20.5 Å². The molecule has 162 valence electrons. The van der Waals surface area contributed by atoms with Crippen LogP contribution >= 0.6 is 11.6 Å². The van der Waals surface area contributed by atoms with Crippen LogP contribution in [0.1, 0.15) is 42.5 Å². The third kappa shape index (κ3) is 5.60.